The molecule has 1 atom stereocenters. The van der Waals surface area contributed by atoms with Crippen molar-refractivity contribution in [3.05, 3.63) is 48.4 Å². The second-order valence-corrected chi connectivity index (χ2v) is 12.0. The Balaban J connectivity index is 1.59. The molecule has 0 aliphatic carbocycles. The molecular formula is C30H44N6O6. The van der Waals surface area contributed by atoms with Crippen LogP contribution in [0.3, 0.4) is 0 Å². The number of aromatic nitrogens is 2. The standard InChI is InChI=1S/C30H44N6O6/c1-29(2,3)42-28(40)34-30(4,5)27(39)32-23(20-41-19-22-12-7-6-8-13-22)26(38)33-24-18-35(21-31-24)15-11-14-25(37)36-16-9-10-17-36/h6-8,12-13,18,21,23H,9-11,14-17,19-20H2,1-5H3,(H,32,39)(H,33,38)(H,34,40). The van der Waals surface area contributed by atoms with Crippen molar-refractivity contribution in [1.82, 2.24) is 25.1 Å². The van der Waals surface area contributed by atoms with E-state index in [1.807, 2.05) is 35.2 Å². The topological polar surface area (TPSA) is 144 Å². The van der Waals surface area contributed by atoms with Gasteiger partial charge >= 0.3 is 6.09 Å². The van der Waals surface area contributed by atoms with Crippen LogP contribution in [-0.2, 0) is 37.0 Å². The molecule has 2 heterocycles. The van der Waals surface area contributed by atoms with Crippen LogP contribution in [0.2, 0.25) is 0 Å². The van der Waals surface area contributed by atoms with Gasteiger partial charge in [-0.05, 0) is 59.4 Å². The van der Waals surface area contributed by atoms with Gasteiger partial charge in [-0.3, -0.25) is 14.4 Å². The zero-order chi connectivity index (χ0) is 30.8. The van der Waals surface area contributed by atoms with Crippen molar-refractivity contribution in [2.75, 3.05) is 25.0 Å². The Morgan fingerprint density at radius 3 is 2.38 bits per heavy atom. The van der Waals surface area contributed by atoms with Crippen molar-refractivity contribution in [1.29, 1.82) is 0 Å². The van der Waals surface area contributed by atoms with Gasteiger partial charge in [-0.1, -0.05) is 30.3 Å². The molecule has 1 aliphatic heterocycles. The number of hydrogen-bond acceptors (Lipinski definition) is 7. The third kappa shape index (κ3) is 10.8. The van der Waals surface area contributed by atoms with Crippen LogP contribution in [0, 0.1) is 0 Å². The molecule has 1 aliphatic rings. The number of carbonyl (C=O) groups excluding carboxylic acids is 4. The van der Waals surface area contributed by atoms with Gasteiger partial charge in [0, 0.05) is 32.3 Å². The van der Waals surface area contributed by atoms with Gasteiger partial charge in [-0.2, -0.15) is 0 Å². The van der Waals surface area contributed by atoms with Crippen LogP contribution in [0.4, 0.5) is 10.6 Å². The predicted octanol–water partition coefficient (Wildman–Crippen LogP) is 3.23. The van der Waals surface area contributed by atoms with E-state index in [0.29, 0.717) is 25.2 Å². The normalized spacial score (nSPS) is 14.3. The highest BCUT2D eigenvalue weighted by Gasteiger charge is 2.34. The Morgan fingerprint density at radius 1 is 1.02 bits per heavy atom. The lowest BCUT2D eigenvalue weighted by molar-refractivity contribution is -0.131. The van der Waals surface area contributed by atoms with Gasteiger partial charge in [0.05, 0.1) is 19.5 Å². The van der Waals surface area contributed by atoms with Crippen LogP contribution in [0.1, 0.15) is 65.9 Å². The fourth-order valence-electron chi connectivity index (χ4n) is 4.30. The van der Waals surface area contributed by atoms with Crippen LogP contribution >= 0.6 is 0 Å². The molecule has 3 N–H and O–H groups in total. The van der Waals surface area contributed by atoms with E-state index in [9.17, 15) is 19.2 Å². The first-order valence-corrected chi connectivity index (χ1v) is 14.4. The number of likely N-dealkylation sites (tertiary alicyclic amines) is 1. The highest BCUT2D eigenvalue weighted by Crippen LogP contribution is 2.13. The number of nitrogens with zero attached hydrogens (tertiary/aromatic N) is 3. The smallest absolute Gasteiger partial charge is 0.408 e. The minimum atomic E-state index is -1.38. The zero-order valence-electron chi connectivity index (χ0n) is 25.3. The number of aryl methyl sites for hydroxylation is 1. The third-order valence-corrected chi connectivity index (χ3v) is 6.55. The summed E-state index contributed by atoms with van der Waals surface area (Å²) in [6, 6.07) is 8.37. The highest BCUT2D eigenvalue weighted by molar-refractivity contribution is 5.98. The molecule has 1 unspecified atom stereocenters. The minimum absolute atomic E-state index is 0.117. The molecule has 1 aromatic heterocycles. The second kappa shape index (κ2) is 14.8. The number of hydrogen-bond donors (Lipinski definition) is 3. The molecule has 230 valence electrons. The number of anilines is 1. The number of benzene rings is 1. The summed E-state index contributed by atoms with van der Waals surface area (Å²) >= 11 is 0. The maximum absolute atomic E-state index is 13.3. The maximum atomic E-state index is 13.3. The molecule has 1 saturated heterocycles. The quantitative estimate of drug-likeness (QED) is 0.328. The van der Waals surface area contributed by atoms with E-state index in [2.05, 4.69) is 20.9 Å². The minimum Gasteiger partial charge on any atom is -0.444 e. The van der Waals surface area contributed by atoms with E-state index >= 15 is 0 Å². The van der Waals surface area contributed by atoms with Crippen LogP contribution in [0.5, 0.6) is 0 Å². The van der Waals surface area contributed by atoms with E-state index in [0.717, 1.165) is 31.5 Å². The summed E-state index contributed by atoms with van der Waals surface area (Å²) in [5.74, 6) is -0.650. The molecule has 12 heteroatoms. The molecule has 0 saturated carbocycles. The molecule has 3 rings (SSSR count). The number of imidazole rings is 1. The monoisotopic (exact) mass is 584 g/mol. The fraction of sp³-hybridized carbons (Fsp3) is 0.567. The number of amides is 4. The Hall–Kier alpha value is -3.93. The average Bonchev–Trinajstić information content (AvgIpc) is 3.60. The van der Waals surface area contributed by atoms with Crippen LogP contribution in [0.15, 0.2) is 42.9 Å². The van der Waals surface area contributed by atoms with E-state index < -0.39 is 35.1 Å². The van der Waals surface area contributed by atoms with Gasteiger partial charge in [0.1, 0.15) is 17.2 Å². The van der Waals surface area contributed by atoms with Crippen molar-refractivity contribution in [2.24, 2.45) is 0 Å². The number of rotatable bonds is 13. The summed E-state index contributed by atoms with van der Waals surface area (Å²) < 4.78 is 12.9. The fourth-order valence-corrected chi connectivity index (χ4v) is 4.30. The summed E-state index contributed by atoms with van der Waals surface area (Å²) in [5.41, 5.74) is -1.21. The summed E-state index contributed by atoms with van der Waals surface area (Å²) in [5, 5.41) is 7.97. The molecular weight excluding hydrogens is 540 g/mol. The van der Waals surface area contributed by atoms with Gasteiger partial charge in [0.25, 0.3) is 5.91 Å². The first-order valence-electron chi connectivity index (χ1n) is 14.4. The Kier molecular flexibility index (Phi) is 11.5. The van der Waals surface area contributed by atoms with Crippen LogP contribution < -0.4 is 16.0 Å². The first-order chi connectivity index (χ1) is 19.8. The largest absolute Gasteiger partial charge is 0.444 e. The molecule has 2 aromatic rings. The molecule has 0 spiro atoms. The lowest BCUT2D eigenvalue weighted by Crippen LogP contribution is -2.59. The van der Waals surface area contributed by atoms with Crippen molar-refractivity contribution >= 4 is 29.6 Å². The van der Waals surface area contributed by atoms with Gasteiger partial charge in [0.15, 0.2) is 5.82 Å². The summed E-state index contributed by atoms with van der Waals surface area (Å²) in [7, 11) is 0. The van der Waals surface area contributed by atoms with Gasteiger partial charge < -0.3 is 34.9 Å². The predicted molar refractivity (Wildman–Crippen MR) is 157 cm³/mol. The summed E-state index contributed by atoms with van der Waals surface area (Å²) in [4.78, 5) is 57.2. The third-order valence-electron chi connectivity index (χ3n) is 6.55. The second-order valence-electron chi connectivity index (χ2n) is 12.0. The lowest BCUT2D eigenvalue weighted by Gasteiger charge is -2.29. The van der Waals surface area contributed by atoms with Crippen LogP contribution in [0.25, 0.3) is 0 Å². The summed E-state index contributed by atoms with van der Waals surface area (Å²) in [6.45, 7) is 10.6. The molecule has 1 fully saturated rings. The van der Waals surface area contributed by atoms with Crippen molar-refractivity contribution in [3.63, 3.8) is 0 Å². The van der Waals surface area contributed by atoms with Gasteiger partial charge in [-0.25, -0.2) is 9.78 Å². The summed E-state index contributed by atoms with van der Waals surface area (Å²) in [6.07, 6.45) is 5.75. The first kappa shape index (κ1) is 32.6. The molecule has 0 bridgehead atoms. The van der Waals surface area contributed by atoms with Crippen LogP contribution in [-0.4, -0.2) is 75.1 Å². The average molecular weight is 585 g/mol. The Labute approximate surface area is 247 Å². The van der Waals surface area contributed by atoms with Crippen molar-refractivity contribution in [3.8, 4) is 0 Å². The van der Waals surface area contributed by atoms with E-state index in [1.54, 1.807) is 37.9 Å². The SMILES string of the molecule is CC(C)(C)OC(=O)NC(C)(C)C(=O)NC(COCc1ccccc1)C(=O)Nc1cn(CCCC(=O)N2CCCC2)cn1. The van der Waals surface area contributed by atoms with Gasteiger partial charge in [-0.15, -0.1) is 0 Å². The number of alkyl carbamates (subject to hydrolysis) is 1. The number of nitrogens with one attached hydrogen (secondary N) is 3. The Bertz CT molecular complexity index is 1200. The van der Waals surface area contributed by atoms with Gasteiger partial charge in [0.2, 0.25) is 11.8 Å². The Morgan fingerprint density at radius 2 is 1.71 bits per heavy atom. The molecule has 42 heavy (non-hydrogen) atoms. The lowest BCUT2D eigenvalue weighted by atomic mass is 10.0. The molecule has 12 nitrogen and oxygen atoms in total. The molecule has 4 amide bonds. The molecule has 1 aromatic carbocycles. The molecule has 0 radical (unpaired) electrons. The zero-order valence-corrected chi connectivity index (χ0v) is 25.3. The number of carbonyl (C=O) groups is 4. The van der Waals surface area contributed by atoms with Crippen molar-refractivity contribution < 1.29 is 28.7 Å². The van der Waals surface area contributed by atoms with Crippen molar-refractivity contribution in [2.45, 2.75) is 90.6 Å². The highest BCUT2D eigenvalue weighted by atomic mass is 16.6. The van der Waals surface area contributed by atoms with E-state index in [1.165, 1.54) is 13.8 Å². The maximum Gasteiger partial charge on any atom is 0.408 e. The van der Waals surface area contributed by atoms with E-state index in [-0.39, 0.29) is 19.1 Å². The number of ether oxygens (including phenoxy) is 2. The van der Waals surface area contributed by atoms with E-state index in [4.69, 9.17) is 9.47 Å².